The Morgan fingerprint density at radius 2 is 2.00 bits per heavy atom. The molecule has 6 heteroatoms. The Bertz CT molecular complexity index is 457. The van der Waals surface area contributed by atoms with E-state index >= 15 is 0 Å². The van der Waals surface area contributed by atoms with E-state index in [0.29, 0.717) is 21.6 Å². The molecule has 0 radical (unpaired) electrons. The van der Waals surface area contributed by atoms with Gasteiger partial charge in [-0.15, -0.1) is 11.8 Å². The first-order valence-electron chi connectivity index (χ1n) is 6.44. The van der Waals surface area contributed by atoms with Gasteiger partial charge in [0.1, 0.15) is 11.0 Å². The Labute approximate surface area is 137 Å². The summed E-state index contributed by atoms with van der Waals surface area (Å²) in [6.45, 7) is 6.63. The second-order valence-corrected chi connectivity index (χ2v) is 8.98. The first kappa shape index (κ1) is 15.9. The van der Waals surface area contributed by atoms with Gasteiger partial charge < -0.3 is 0 Å². The normalized spacial score (nSPS) is 23.9. The summed E-state index contributed by atoms with van der Waals surface area (Å²) in [5.74, 6) is 3.83. The van der Waals surface area contributed by atoms with Crippen molar-refractivity contribution in [3.8, 4) is 0 Å². The lowest BCUT2D eigenvalue weighted by Gasteiger charge is -2.27. The lowest BCUT2D eigenvalue weighted by Crippen LogP contribution is -2.19. The van der Waals surface area contributed by atoms with Crippen LogP contribution in [0.3, 0.4) is 0 Å². The summed E-state index contributed by atoms with van der Waals surface area (Å²) in [5.41, 5.74) is 1.04. The van der Waals surface area contributed by atoms with Crippen LogP contribution in [0.5, 0.6) is 0 Å². The third-order valence-electron chi connectivity index (χ3n) is 2.94. The van der Waals surface area contributed by atoms with Crippen molar-refractivity contribution in [2.75, 3.05) is 11.5 Å². The van der Waals surface area contributed by atoms with Crippen LogP contribution >= 0.6 is 51.1 Å². The fraction of sp³-hybridized carbons (Fsp3) is 0.692. The standard InChI is InChI=1S/C13H18BrClN2S2/c1-7(2)6-9-10(14)12(15)17-13(16-9)11-8(3)18-4-5-19-11/h7-8,11H,4-6H2,1-3H3. The van der Waals surface area contributed by atoms with Crippen LogP contribution in [0.1, 0.15) is 37.5 Å². The zero-order valence-electron chi connectivity index (χ0n) is 11.3. The van der Waals surface area contributed by atoms with E-state index in [1.807, 2.05) is 23.5 Å². The predicted octanol–water partition coefficient (Wildman–Crippen LogP) is 5.00. The predicted molar refractivity (Wildman–Crippen MR) is 90.4 cm³/mol. The van der Waals surface area contributed by atoms with Gasteiger partial charge in [0.2, 0.25) is 0 Å². The van der Waals surface area contributed by atoms with Crippen LogP contribution in [0.4, 0.5) is 0 Å². The maximum atomic E-state index is 6.26. The van der Waals surface area contributed by atoms with Gasteiger partial charge in [0.15, 0.2) is 0 Å². The highest BCUT2D eigenvalue weighted by Crippen LogP contribution is 2.42. The number of halogens is 2. The number of hydrogen-bond donors (Lipinski definition) is 0. The number of nitrogens with zero attached hydrogens (tertiary/aromatic N) is 2. The van der Waals surface area contributed by atoms with Gasteiger partial charge >= 0.3 is 0 Å². The minimum atomic E-state index is 0.357. The molecule has 2 heterocycles. The molecular formula is C13H18BrClN2S2. The Hall–Kier alpha value is 0.550. The zero-order valence-corrected chi connectivity index (χ0v) is 15.3. The van der Waals surface area contributed by atoms with E-state index in [4.69, 9.17) is 16.6 Å². The van der Waals surface area contributed by atoms with Crippen molar-refractivity contribution in [2.45, 2.75) is 37.7 Å². The Morgan fingerprint density at radius 3 is 2.63 bits per heavy atom. The van der Waals surface area contributed by atoms with E-state index in [2.05, 4.69) is 41.7 Å². The molecule has 2 rings (SSSR count). The van der Waals surface area contributed by atoms with Crippen molar-refractivity contribution in [1.82, 2.24) is 9.97 Å². The molecule has 0 amide bonds. The van der Waals surface area contributed by atoms with Crippen LogP contribution in [-0.2, 0) is 6.42 Å². The van der Waals surface area contributed by atoms with E-state index in [1.165, 1.54) is 5.75 Å². The van der Waals surface area contributed by atoms with Crippen LogP contribution in [0.2, 0.25) is 5.15 Å². The molecule has 0 N–H and O–H groups in total. The summed E-state index contributed by atoms with van der Waals surface area (Å²) < 4.78 is 0.854. The van der Waals surface area contributed by atoms with Gasteiger partial charge in [0.05, 0.1) is 15.4 Å². The summed E-state index contributed by atoms with van der Waals surface area (Å²) in [4.78, 5) is 9.26. The van der Waals surface area contributed by atoms with Crippen LogP contribution in [0, 0.1) is 5.92 Å². The molecule has 1 saturated heterocycles. The molecule has 1 aromatic rings. The maximum Gasteiger partial charge on any atom is 0.147 e. The van der Waals surface area contributed by atoms with Gasteiger partial charge in [-0.25, -0.2) is 9.97 Å². The van der Waals surface area contributed by atoms with Gasteiger partial charge in [-0.3, -0.25) is 0 Å². The maximum absolute atomic E-state index is 6.26. The van der Waals surface area contributed by atoms with E-state index in [0.717, 1.165) is 28.2 Å². The lowest BCUT2D eigenvalue weighted by atomic mass is 10.1. The Balaban J connectivity index is 2.32. The monoisotopic (exact) mass is 380 g/mol. The highest BCUT2D eigenvalue weighted by molar-refractivity contribution is 9.10. The van der Waals surface area contributed by atoms with Crippen molar-refractivity contribution >= 4 is 51.1 Å². The molecule has 0 saturated carbocycles. The quantitative estimate of drug-likeness (QED) is 0.688. The van der Waals surface area contributed by atoms with Gasteiger partial charge in [-0.05, 0) is 28.3 Å². The second-order valence-electron chi connectivity index (χ2n) is 5.10. The summed E-state index contributed by atoms with van der Waals surface area (Å²) >= 11 is 13.7. The van der Waals surface area contributed by atoms with Crippen molar-refractivity contribution in [1.29, 1.82) is 0 Å². The van der Waals surface area contributed by atoms with Crippen molar-refractivity contribution in [2.24, 2.45) is 5.92 Å². The molecule has 2 unspecified atom stereocenters. The average Bonchev–Trinajstić information content (AvgIpc) is 2.35. The average molecular weight is 382 g/mol. The second kappa shape index (κ2) is 7.01. The van der Waals surface area contributed by atoms with Gasteiger partial charge in [0.25, 0.3) is 0 Å². The summed E-state index contributed by atoms with van der Waals surface area (Å²) in [6.07, 6.45) is 0.925. The highest BCUT2D eigenvalue weighted by atomic mass is 79.9. The van der Waals surface area contributed by atoms with Gasteiger partial charge in [0, 0.05) is 16.8 Å². The molecule has 19 heavy (non-hydrogen) atoms. The van der Waals surface area contributed by atoms with Crippen LogP contribution < -0.4 is 0 Å². The zero-order chi connectivity index (χ0) is 14.0. The molecule has 1 aromatic heterocycles. The highest BCUT2D eigenvalue weighted by Gasteiger charge is 2.28. The van der Waals surface area contributed by atoms with Crippen LogP contribution in [0.15, 0.2) is 4.47 Å². The molecule has 106 valence electrons. The Morgan fingerprint density at radius 1 is 1.32 bits per heavy atom. The lowest BCUT2D eigenvalue weighted by molar-refractivity contribution is 0.626. The number of thioether (sulfide) groups is 2. The molecule has 1 fully saturated rings. The first-order valence-corrected chi connectivity index (χ1v) is 9.71. The van der Waals surface area contributed by atoms with Crippen molar-refractivity contribution in [3.05, 3.63) is 21.1 Å². The molecular weight excluding hydrogens is 364 g/mol. The van der Waals surface area contributed by atoms with Crippen LogP contribution in [0.25, 0.3) is 0 Å². The smallest absolute Gasteiger partial charge is 0.147 e. The van der Waals surface area contributed by atoms with Gasteiger partial charge in [-0.2, -0.15) is 11.8 Å². The Kier molecular flexibility index (Phi) is 5.88. The summed E-state index contributed by atoms with van der Waals surface area (Å²) in [5, 5.41) is 1.45. The third-order valence-corrected chi connectivity index (χ3v) is 7.36. The minimum Gasteiger partial charge on any atom is -0.235 e. The molecule has 0 bridgehead atoms. The number of aromatic nitrogens is 2. The van der Waals surface area contributed by atoms with Crippen molar-refractivity contribution < 1.29 is 0 Å². The number of rotatable bonds is 3. The first-order chi connectivity index (χ1) is 8.99. The van der Waals surface area contributed by atoms with E-state index in [1.54, 1.807) is 0 Å². The van der Waals surface area contributed by atoms with Crippen LogP contribution in [-0.4, -0.2) is 26.7 Å². The summed E-state index contributed by atoms with van der Waals surface area (Å²) in [6, 6.07) is 0. The topological polar surface area (TPSA) is 25.8 Å². The van der Waals surface area contributed by atoms with E-state index < -0.39 is 0 Å². The molecule has 2 nitrogen and oxygen atoms in total. The van der Waals surface area contributed by atoms with E-state index in [9.17, 15) is 0 Å². The molecule has 0 spiro atoms. The SMILES string of the molecule is CC(C)Cc1nc(C2SCCSC2C)nc(Cl)c1Br. The fourth-order valence-corrected chi connectivity index (χ4v) is 5.27. The third kappa shape index (κ3) is 4.02. The largest absolute Gasteiger partial charge is 0.235 e. The van der Waals surface area contributed by atoms with Gasteiger partial charge in [-0.1, -0.05) is 32.4 Å². The van der Waals surface area contributed by atoms with Crippen molar-refractivity contribution in [3.63, 3.8) is 0 Å². The van der Waals surface area contributed by atoms with E-state index in [-0.39, 0.29) is 0 Å². The molecule has 0 aromatic carbocycles. The minimum absolute atomic E-state index is 0.357. The summed E-state index contributed by atoms with van der Waals surface area (Å²) in [7, 11) is 0. The molecule has 1 aliphatic heterocycles. The molecule has 0 aliphatic carbocycles. The molecule has 1 aliphatic rings. The number of hydrogen-bond acceptors (Lipinski definition) is 4. The fourth-order valence-electron chi connectivity index (χ4n) is 2.05. The molecule has 2 atom stereocenters.